The molecular weight excluding hydrogens is 216 g/mol. The Bertz CT molecular complexity index is 342. The van der Waals surface area contributed by atoms with Gasteiger partial charge in [0.2, 0.25) is 0 Å². The lowest BCUT2D eigenvalue weighted by Gasteiger charge is -2.07. The molecule has 1 rings (SSSR count). The van der Waals surface area contributed by atoms with Crippen LogP contribution in [0.25, 0.3) is 0 Å². The molecule has 0 atom stereocenters. The molecule has 3 N–H and O–H groups in total. The fourth-order valence-electron chi connectivity index (χ4n) is 1.01. The molecule has 1 aromatic rings. The number of aliphatic imine (C=N–C) groups is 1. The molecule has 82 valence electrons. The van der Waals surface area contributed by atoms with E-state index in [2.05, 4.69) is 4.99 Å². The second-order valence-electron chi connectivity index (χ2n) is 2.78. The number of aliphatic hydroxyl groups excluding tert-OH is 1. The molecular formula is C10H13ClN2O2. The number of halogens is 1. The van der Waals surface area contributed by atoms with Crippen LogP contribution in [0.4, 0.5) is 5.69 Å². The van der Waals surface area contributed by atoms with Crippen molar-refractivity contribution in [3.8, 4) is 5.75 Å². The van der Waals surface area contributed by atoms with E-state index in [0.29, 0.717) is 17.3 Å². The normalized spacial score (nSPS) is 11.5. The first-order valence-corrected chi connectivity index (χ1v) is 5.03. The van der Waals surface area contributed by atoms with Crippen molar-refractivity contribution in [1.29, 1.82) is 0 Å². The quantitative estimate of drug-likeness (QED) is 0.453. The fourth-order valence-corrected chi connectivity index (χ4v) is 1.07. The lowest BCUT2D eigenvalue weighted by Crippen LogP contribution is -2.12. The van der Waals surface area contributed by atoms with E-state index < -0.39 is 0 Å². The van der Waals surface area contributed by atoms with Crippen molar-refractivity contribution in [2.24, 2.45) is 10.7 Å². The van der Waals surface area contributed by atoms with Crippen LogP contribution in [-0.2, 0) is 0 Å². The SMILES string of the molecule is NC(CCl)=Nc1ccccc1OCCO. The molecule has 0 aliphatic carbocycles. The molecule has 1 aromatic carbocycles. The third-order valence-electron chi connectivity index (χ3n) is 1.62. The van der Waals surface area contributed by atoms with E-state index in [1.54, 1.807) is 12.1 Å². The first-order valence-electron chi connectivity index (χ1n) is 4.49. The molecule has 0 saturated carbocycles. The van der Waals surface area contributed by atoms with Crippen molar-refractivity contribution in [3.05, 3.63) is 24.3 Å². The summed E-state index contributed by atoms with van der Waals surface area (Å²) in [5, 5.41) is 8.64. The predicted octanol–water partition coefficient (Wildman–Crippen LogP) is 1.29. The summed E-state index contributed by atoms with van der Waals surface area (Å²) >= 11 is 5.52. The van der Waals surface area contributed by atoms with Crippen molar-refractivity contribution in [2.75, 3.05) is 19.1 Å². The molecule has 0 unspecified atom stereocenters. The molecule has 4 nitrogen and oxygen atoms in total. The van der Waals surface area contributed by atoms with Crippen molar-refractivity contribution in [1.82, 2.24) is 0 Å². The van der Waals surface area contributed by atoms with Gasteiger partial charge in [0.1, 0.15) is 23.9 Å². The van der Waals surface area contributed by atoms with Gasteiger partial charge in [-0.05, 0) is 12.1 Å². The van der Waals surface area contributed by atoms with Gasteiger partial charge in [-0.1, -0.05) is 12.1 Å². The van der Waals surface area contributed by atoms with Crippen LogP contribution in [0, 0.1) is 0 Å². The average Bonchev–Trinajstić information content (AvgIpc) is 2.28. The van der Waals surface area contributed by atoms with E-state index in [1.165, 1.54) is 0 Å². The number of para-hydroxylation sites is 2. The van der Waals surface area contributed by atoms with E-state index >= 15 is 0 Å². The van der Waals surface area contributed by atoms with E-state index in [0.717, 1.165) is 0 Å². The molecule has 0 aliphatic rings. The molecule has 0 aromatic heterocycles. The van der Waals surface area contributed by atoms with Gasteiger partial charge in [-0.15, -0.1) is 11.6 Å². The van der Waals surface area contributed by atoms with Gasteiger partial charge in [0, 0.05) is 0 Å². The van der Waals surface area contributed by atoms with Crippen LogP contribution in [0.5, 0.6) is 5.75 Å². The van der Waals surface area contributed by atoms with Crippen LogP contribution in [0.2, 0.25) is 0 Å². The van der Waals surface area contributed by atoms with Gasteiger partial charge >= 0.3 is 0 Å². The van der Waals surface area contributed by atoms with Gasteiger partial charge in [0.05, 0.1) is 12.5 Å². The van der Waals surface area contributed by atoms with Crippen molar-refractivity contribution < 1.29 is 9.84 Å². The lowest BCUT2D eigenvalue weighted by atomic mass is 10.3. The van der Waals surface area contributed by atoms with Crippen LogP contribution in [-0.4, -0.2) is 30.0 Å². The third kappa shape index (κ3) is 3.77. The number of alkyl halides is 1. The first-order chi connectivity index (χ1) is 7.27. The zero-order valence-corrected chi connectivity index (χ0v) is 8.94. The highest BCUT2D eigenvalue weighted by molar-refractivity contribution is 6.28. The summed E-state index contributed by atoms with van der Waals surface area (Å²) in [6.45, 7) is 0.191. The monoisotopic (exact) mass is 228 g/mol. The second kappa shape index (κ2) is 6.27. The fraction of sp³-hybridized carbons (Fsp3) is 0.300. The van der Waals surface area contributed by atoms with E-state index in [9.17, 15) is 0 Å². The maximum atomic E-state index is 8.64. The zero-order valence-electron chi connectivity index (χ0n) is 8.19. The Hall–Kier alpha value is -1.26. The number of amidine groups is 1. The minimum absolute atomic E-state index is 0.0387. The summed E-state index contributed by atoms with van der Waals surface area (Å²) < 4.78 is 5.28. The molecule has 0 saturated heterocycles. The summed E-state index contributed by atoms with van der Waals surface area (Å²) in [6, 6.07) is 7.18. The Morgan fingerprint density at radius 2 is 2.20 bits per heavy atom. The standard InChI is InChI=1S/C10H13ClN2O2/c11-7-10(12)13-8-3-1-2-4-9(8)15-6-5-14/h1-4,14H,5-7H2,(H2,12,13). The van der Waals surface area contributed by atoms with Crippen LogP contribution >= 0.6 is 11.6 Å². The highest BCUT2D eigenvalue weighted by Crippen LogP contribution is 2.26. The van der Waals surface area contributed by atoms with Crippen molar-refractivity contribution in [3.63, 3.8) is 0 Å². The van der Waals surface area contributed by atoms with Gasteiger partial charge in [-0.3, -0.25) is 0 Å². The van der Waals surface area contributed by atoms with Crippen LogP contribution < -0.4 is 10.5 Å². The Balaban J connectivity index is 2.86. The smallest absolute Gasteiger partial charge is 0.145 e. The molecule has 0 spiro atoms. The number of rotatable bonds is 5. The van der Waals surface area contributed by atoms with E-state index in [-0.39, 0.29) is 19.1 Å². The van der Waals surface area contributed by atoms with E-state index in [1.807, 2.05) is 12.1 Å². The average molecular weight is 229 g/mol. The summed E-state index contributed by atoms with van der Waals surface area (Å²) in [6.07, 6.45) is 0. The molecule has 5 heteroatoms. The Labute approximate surface area is 93.3 Å². The van der Waals surface area contributed by atoms with Gasteiger partial charge in [0.25, 0.3) is 0 Å². The van der Waals surface area contributed by atoms with Gasteiger partial charge in [-0.2, -0.15) is 0 Å². The second-order valence-corrected chi connectivity index (χ2v) is 3.04. The number of aliphatic hydroxyl groups is 1. The summed E-state index contributed by atoms with van der Waals surface area (Å²) in [4.78, 5) is 4.09. The molecule has 15 heavy (non-hydrogen) atoms. The maximum Gasteiger partial charge on any atom is 0.145 e. The Morgan fingerprint density at radius 3 is 2.87 bits per heavy atom. The highest BCUT2D eigenvalue weighted by atomic mass is 35.5. The number of nitrogens with two attached hydrogens (primary N) is 1. The molecule has 0 heterocycles. The third-order valence-corrected chi connectivity index (χ3v) is 1.89. The zero-order chi connectivity index (χ0) is 11.1. The Kier molecular flexibility index (Phi) is 4.93. The summed E-state index contributed by atoms with van der Waals surface area (Å²) in [7, 11) is 0. The van der Waals surface area contributed by atoms with Crippen LogP contribution in [0.3, 0.4) is 0 Å². The predicted molar refractivity (Wildman–Crippen MR) is 61.0 cm³/mol. The first kappa shape index (κ1) is 11.8. The summed E-state index contributed by atoms with van der Waals surface area (Å²) in [5.41, 5.74) is 6.13. The maximum absolute atomic E-state index is 8.64. The minimum atomic E-state index is -0.0387. The molecule has 0 bridgehead atoms. The van der Waals surface area contributed by atoms with E-state index in [4.69, 9.17) is 27.2 Å². The summed E-state index contributed by atoms with van der Waals surface area (Å²) in [5.74, 6) is 1.09. The lowest BCUT2D eigenvalue weighted by molar-refractivity contribution is 0.202. The van der Waals surface area contributed by atoms with Crippen molar-refractivity contribution >= 4 is 23.1 Å². The molecule has 0 amide bonds. The number of hydrogen-bond acceptors (Lipinski definition) is 3. The number of benzene rings is 1. The van der Waals surface area contributed by atoms with Gasteiger partial charge in [-0.25, -0.2) is 4.99 Å². The Morgan fingerprint density at radius 1 is 1.47 bits per heavy atom. The number of nitrogens with zero attached hydrogens (tertiary/aromatic N) is 1. The largest absolute Gasteiger partial charge is 0.489 e. The number of hydrogen-bond donors (Lipinski definition) is 2. The van der Waals surface area contributed by atoms with Crippen LogP contribution in [0.1, 0.15) is 0 Å². The molecule has 0 radical (unpaired) electrons. The highest BCUT2D eigenvalue weighted by Gasteiger charge is 2.01. The van der Waals surface area contributed by atoms with Crippen molar-refractivity contribution in [2.45, 2.75) is 0 Å². The topological polar surface area (TPSA) is 67.8 Å². The molecule has 0 fully saturated rings. The van der Waals surface area contributed by atoms with Crippen LogP contribution in [0.15, 0.2) is 29.3 Å². The molecule has 0 aliphatic heterocycles. The van der Waals surface area contributed by atoms with Gasteiger partial charge < -0.3 is 15.6 Å². The minimum Gasteiger partial charge on any atom is -0.489 e. The number of ether oxygens (including phenoxy) is 1. The van der Waals surface area contributed by atoms with Gasteiger partial charge in [0.15, 0.2) is 0 Å².